The number of hydrogen-bond donors (Lipinski definition) is 2. The number of nitrogens with zero attached hydrogens (tertiary/aromatic N) is 1. The lowest BCUT2D eigenvalue weighted by molar-refractivity contribution is -0.132. The number of nitrogens with one attached hydrogen (secondary N) is 2. The summed E-state index contributed by atoms with van der Waals surface area (Å²) in [5.74, 6) is 0.622. The smallest absolute Gasteiger partial charge is 0.321 e. The largest absolute Gasteiger partial charge is 0.492 e. The molecule has 1 unspecified atom stereocenters. The Hall–Kier alpha value is -3.02. The van der Waals surface area contributed by atoms with Crippen LogP contribution in [0.5, 0.6) is 5.75 Å². The zero-order chi connectivity index (χ0) is 20.7. The molecule has 6 heteroatoms. The molecule has 154 valence electrons. The number of likely N-dealkylation sites (tertiary alicyclic amines) is 1. The number of hydrogen-bond acceptors (Lipinski definition) is 3. The summed E-state index contributed by atoms with van der Waals surface area (Å²) in [6.07, 6.45) is 1.54. The van der Waals surface area contributed by atoms with Gasteiger partial charge in [-0.05, 0) is 44.4 Å². The molecule has 1 fully saturated rings. The average molecular weight is 396 g/mol. The van der Waals surface area contributed by atoms with E-state index >= 15 is 0 Å². The lowest BCUT2D eigenvalue weighted by Gasteiger charge is -2.39. The molecule has 0 spiro atoms. The summed E-state index contributed by atoms with van der Waals surface area (Å²) in [4.78, 5) is 27.4. The van der Waals surface area contributed by atoms with E-state index in [1.165, 1.54) is 0 Å². The Morgan fingerprint density at radius 1 is 1.10 bits per heavy atom. The number of ether oxygens (including phenoxy) is 1. The van der Waals surface area contributed by atoms with Crippen LogP contribution in [0.2, 0.25) is 0 Å². The number of carbonyl (C=O) groups is 2. The van der Waals surface area contributed by atoms with Crippen LogP contribution in [0.4, 0.5) is 10.5 Å². The molecule has 3 rings (SSSR count). The van der Waals surface area contributed by atoms with Crippen molar-refractivity contribution in [1.82, 2.24) is 10.2 Å². The van der Waals surface area contributed by atoms with Crippen LogP contribution in [-0.2, 0) is 11.3 Å². The third-order valence-electron chi connectivity index (χ3n) is 5.26. The summed E-state index contributed by atoms with van der Waals surface area (Å²) in [5.41, 5.74) is 1.09. The van der Waals surface area contributed by atoms with Crippen LogP contribution >= 0.6 is 0 Å². The Kier molecular flexibility index (Phi) is 6.75. The topological polar surface area (TPSA) is 70.7 Å². The maximum atomic E-state index is 12.9. The van der Waals surface area contributed by atoms with Gasteiger partial charge in [0.15, 0.2) is 0 Å². The quantitative estimate of drug-likeness (QED) is 0.776. The molecule has 29 heavy (non-hydrogen) atoms. The number of urea groups is 1. The van der Waals surface area contributed by atoms with Crippen LogP contribution in [0.15, 0.2) is 54.6 Å². The monoisotopic (exact) mass is 395 g/mol. The zero-order valence-corrected chi connectivity index (χ0v) is 17.1. The lowest BCUT2D eigenvalue weighted by atomic mass is 9.81. The molecule has 0 radical (unpaired) electrons. The van der Waals surface area contributed by atoms with Crippen molar-refractivity contribution in [3.05, 3.63) is 60.2 Å². The highest BCUT2D eigenvalue weighted by molar-refractivity contribution is 5.92. The van der Waals surface area contributed by atoms with Gasteiger partial charge in [-0.2, -0.15) is 0 Å². The summed E-state index contributed by atoms with van der Waals surface area (Å²) in [6.45, 7) is 5.86. The molecular formula is C23H29N3O3. The van der Waals surface area contributed by atoms with E-state index in [1.54, 1.807) is 4.90 Å². The minimum atomic E-state index is -0.607. The van der Waals surface area contributed by atoms with Gasteiger partial charge in [0, 0.05) is 19.6 Å². The summed E-state index contributed by atoms with van der Waals surface area (Å²) in [7, 11) is 0. The Balaban J connectivity index is 1.61. The number of rotatable bonds is 6. The van der Waals surface area contributed by atoms with E-state index in [4.69, 9.17) is 4.74 Å². The number of para-hydroxylation sites is 2. The van der Waals surface area contributed by atoms with E-state index < -0.39 is 5.41 Å². The summed E-state index contributed by atoms with van der Waals surface area (Å²) in [6, 6.07) is 17.0. The van der Waals surface area contributed by atoms with Crippen molar-refractivity contribution in [3.63, 3.8) is 0 Å². The predicted octanol–water partition coefficient (Wildman–Crippen LogP) is 4.04. The molecule has 2 N–H and O–H groups in total. The van der Waals surface area contributed by atoms with Crippen LogP contribution in [0.1, 0.15) is 32.3 Å². The lowest BCUT2D eigenvalue weighted by Crippen LogP contribution is -2.52. The van der Waals surface area contributed by atoms with Gasteiger partial charge in [-0.15, -0.1) is 0 Å². The molecule has 1 saturated heterocycles. The molecule has 1 heterocycles. The Labute approximate surface area is 172 Å². The molecule has 0 saturated carbocycles. The zero-order valence-electron chi connectivity index (χ0n) is 17.1. The molecule has 0 aliphatic carbocycles. The predicted molar refractivity (Wildman–Crippen MR) is 114 cm³/mol. The van der Waals surface area contributed by atoms with Crippen molar-refractivity contribution in [2.75, 3.05) is 25.0 Å². The Bertz CT molecular complexity index is 840. The van der Waals surface area contributed by atoms with Gasteiger partial charge in [-0.25, -0.2) is 4.79 Å². The number of benzene rings is 2. The normalized spacial score (nSPS) is 18.8. The van der Waals surface area contributed by atoms with Gasteiger partial charge in [0.25, 0.3) is 0 Å². The second-order valence-corrected chi connectivity index (χ2v) is 7.61. The number of carbonyl (C=O) groups excluding carboxylic acids is 2. The minimum absolute atomic E-state index is 0.0198. The Morgan fingerprint density at radius 3 is 2.59 bits per heavy atom. The second-order valence-electron chi connectivity index (χ2n) is 7.61. The summed E-state index contributed by atoms with van der Waals surface area (Å²) < 4.78 is 5.58. The van der Waals surface area contributed by atoms with Crippen molar-refractivity contribution < 1.29 is 14.3 Å². The van der Waals surface area contributed by atoms with Gasteiger partial charge in [0.1, 0.15) is 5.75 Å². The third kappa shape index (κ3) is 5.28. The van der Waals surface area contributed by atoms with Gasteiger partial charge in [-0.3, -0.25) is 4.79 Å². The molecule has 0 bridgehead atoms. The first kappa shape index (κ1) is 20.7. The maximum Gasteiger partial charge on any atom is 0.321 e. The van der Waals surface area contributed by atoms with Crippen LogP contribution in [0.3, 0.4) is 0 Å². The van der Waals surface area contributed by atoms with Crippen LogP contribution in [0.25, 0.3) is 0 Å². The first-order chi connectivity index (χ1) is 14.0. The maximum absolute atomic E-state index is 12.9. The molecule has 1 aliphatic heterocycles. The molecule has 1 atom stereocenters. The van der Waals surface area contributed by atoms with Crippen molar-refractivity contribution in [2.24, 2.45) is 5.41 Å². The van der Waals surface area contributed by atoms with Crippen molar-refractivity contribution >= 4 is 17.6 Å². The van der Waals surface area contributed by atoms with Crippen LogP contribution in [0, 0.1) is 5.41 Å². The fourth-order valence-corrected chi connectivity index (χ4v) is 3.64. The molecule has 6 nitrogen and oxygen atoms in total. The highest BCUT2D eigenvalue weighted by atomic mass is 16.5. The van der Waals surface area contributed by atoms with E-state index in [2.05, 4.69) is 10.6 Å². The van der Waals surface area contributed by atoms with Crippen molar-refractivity contribution in [3.8, 4) is 5.75 Å². The first-order valence-corrected chi connectivity index (χ1v) is 10.1. The van der Waals surface area contributed by atoms with Crippen LogP contribution in [-0.4, -0.2) is 36.5 Å². The number of piperidine rings is 1. The van der Waals surface area contributed by atoms with E-state index in [0.29, 0.717) is 37.7 Å². The fourth-order valence-electron chi connectivity index (χ4n) is 3.64. The van der Waals surface area contributed by atoms with Gasteiger partial charge in [0.05, 0.1) is 17.7 Å². The molecule has 2 aromatic rings. The minimum Gasteiger partial charge on any atom is -0.492 e. The number of anilines is 1. The molecule has 0 aromatic heterocycles. The highest BCUT2D eigenvalue weighted by Crippen LogP contribution is 2.31. The van der Waals surface area contributed by atoms with E-state index in [9.17, 15) is 9.59 Å². The van der Waals surface area contributed by atoms with Crippen molar-refractivity contribution in [1.29, 1.82) is 0 Å². The summed E-state index contributed by atoms with van der Waals surface area (Å²) in [5, 5.41) is 5.96. The standard InChI is InChI=1S/C23H29N3O3/c1-3-29-20-13-8-7-12-19(20)25-22(28)26-15-9-14-23(2,17-26)21(27)24-16-18-10-5-4-6-11-18/h4-8,10-13H,3,9,14-17H2,1-2H3,(H,24,27)(H,25,28). The van der Waals surface area contributed by atoms with Gasteiger partial charge in [-0.1, -0.05) is 42.5 Å². The van der Waals surface area contributed by atoms with Gasteiger partial charge < -0.3 is 20.3 Å². The highest BCUT2D eigenvalue weighted by Gasteiger charge is 2.39. The molecule has 2 aromatic carbocycles. The van der Waals surface area contributed by atoms with E-state index in [1.807, 2.05) is 68.4 Å². The van der Waals surface area contributed by atoms with Crippen LogP contribution < -0.4 is 15.4 Å². The third-order valence-corrected chi connectivity index (χ3v) is 5.26. The first-order valence-electron chi connectivity index (χ1n) is 10.1. The number of amides is 3. The molecule has 3 amide bonds. The SMILES string of the molecule is CCOc1ccccc1NC(=O)N1CCCC(C)(C(=O)NCc2ccccc2)C1. The van der Waals surface area contributed by atoms with E-state index in [0.717, 1.165) is 18.4 Å². The fraction of sp³-hybridized carbons (Fsp3) is 0.391. The Morgan fingerprint density at radius 2 is 1.83 bits per heavy atom. The van der Waals surface area contributed by atoms with E-state index in [-0.39, 0.29) is 11.9 Å². The molecule has 1 aliphatic rings. The van der Waals surface area contributed by atoms with Crippen molar-refractivity contribution in [2.45, 2.75) is 33.2 Å². The average Bonchev–Trinajstić information content (AvgIpc) is 2.74. The van der Waals surface area contributed by atoms with Gasteiger partial charge >= 0.3 is 6.03 Å². The van der Waals surface area contributed by atoms with Gasteiger partial charge in [0.2, 0.25) is 5.91 Å². The second kappa shape index (κ2) is 9.45. The molecular weight excluding hydrogens is 366 g/mol. The summed E-state index contributed by atoms with van der Waals surface area (Å²) >= 11 is 0.